The Kier molecular flexibility index (Phi) is 1.48. The first-order chi connectivity index (χ1) is 4.54. The van der Waals surface area contributed by atoms with Crippen LogP contribution in [0.4, 0.5) is 0 Å². The molecule has 0 aliphatic carbocycles. The first kappa shape index (κ1) is 7.21. The van der Waals surface area contributed by atoms with Crippen LogP contribution in [0.2, 0.25) is 0 Å². The number of ketones is 1. The highest BCUT2D eigenvalue weighted by Crippen LogP contribution is 2.21. The summed E-state index contributed by atoms with van der Waals surface area (Å²) in [5.41, 5.74) is 3.93. The maximum Gasteiger partial charge on any atom is 0.249 e. The fraction of sp³-hybridized carbons (Fsp3) is 0.667. The molecule has 0 bridgehead atoms. The van der Waals surface area contributed by atoms with Crippen molar-refractivity contribution in [2.45, 2.75) is 18.9 Å². The first-order valence-corrected chi connectivity index (χ1v) is 3.00. The molecule has 0 unspecified atom stereocenters. The lowest BCUT2D eigenvalue weighted by molar-refractivity contribution is -0.135. The molecule has 4 heteroatoms. The highest BCUT2D eigenvalue weighted by atomic mass is 16.5. The molecule has 1 aliphatic rings. The van der Waals surface area contributed by atoms with Crippen LogP contribution in [-0.2, 0) is 14.3 Å². The van der Waals surface area contributed by atoms with Gasteiger partial charge in [-0.2, -0.15) is 0 Å². The summed E-state index contributed by atoms with van der Waals surface area (Å²) < 4.78 is 4.89. The molecule has 1 rings (SSSR count). The Morgan fingerprint density at radius 1 is 1.80 bits per heavy atom. The highest BCUT2D eigenvalue weighted by Gasteiger charge is 2.40. The highest BCUT2D eigenvalue weighted by molar-refractivity contribution is 5.93. The predicted octanol–water partition coefficient (Wildman–Crippen LogP) is -0.780. The van der Waals surface area contributed by atoms with Crippen LogP contribution in [0.25, 0.3) is 0 Å². The van der Waals surface area contributed by atoms with Gasteiger partial charge >= 0.3 is 0 Å². The molecule has 1 aliphatic heterocycles. The molecule has 1 heterocycles. The van der Waals surface area contributed by atoms with Gasteiger partial charge < -0.3 is 10.5 Å². The minimum Gasteiger partial charge on any atom is -0.367 e. The molecule has 2 N–H and O–H groups in total. The fourth-order valence-electron chi connectivity index (χ4n) is 0.876. The minimum absolute atomic E-state index is 0.0133. The van der Waals surface area contributed by atoms with Gasteiger partial charge in [0.1, 0.15) is 6.61 Å². The lowest BCUT2D eigenvalue weighted by atomic mass is 10.0. The van der Waals surface area contributed by atoms with Crippen LogP contribution in [0.15, 0.2) is 0 Å². The second-order valence-corrected chi connectivity index (χ2v) is 2.60. The number of carbonyl (C=O) groups excluding carboxylic acids is 2. The maximum absolute atomic E-state index is 10.6. The third-order valence-electron chi connectivity index (χ3n) is 1.61. The van der Waals surface area contributed by atoms with Gasteiger partial charge in [-0.1, -0.05) is 0 Å². The number of primary amides is 1. The van der Waals surface area contributed by atoms with E-state index in [1.807, 2.05) is 0 Å². The zero-order valence-electron chi connectivity index (χ0n) is 5.72. The number of hydrogen-bond donors (Lipinski definition) is 1. The smallest absolute Gasteiger partial charge is 0.249 e. The molecule has 1 atom stereocenters. The third kappa shape index (κ3) is 1.02. The van der Waals surface area contributed by atoms with Crippen molar-refractivity contribution in [2.75, 3.05) is 6.61 Å². The summed E-state index contributed by atoms with van der Waals surface area (Å²) in [6.07, 6.45) is 0.113. The van der Waals surface area contributed by atoms with E-state index in [2.05, 4.69) is 0 Å². The van der Waals surface area contributed by atoms with Gasteiger partial charge in [0.15, 0.2) is 11.4 Å². The normalized spacial score (nSPS) is 32.7. The van der Waals surface area contributed by atoms with E-state index >= 15 is 0 Å². The van der Waals surface area contributed by atoms with Crippen molar-refractivity contribution >= 4 is 11.7 Å². The molecule has 0 aromatic rings. The topological polar surface area (TPSA) is 69.4 Å². The van der Waals surface area contributed by atoms with Gasteiger partial charge in [-0.05, 0) is 6.92 Å². The molecule has 0 aromatic heterocycles. The van der Waals surface area contributed by atoms with E-state index in [0.29, 0.717) is 0 Å². The molecular formula is C6H9NO3. The SMILES string of the molecule is C[C@@]1(C(N)=O)CC(=O)CO1. The quantitative estimate of drug-likeness (QED) is 0.523. The molecule has 0 saturated carbocycles. The molecular weight excluding hydrogens is 134 g/mol. The standard InChI is InChI=1S/C6H9NO3/c1-6(5(7)9)2-4(8)3-10-6/h2-3H2,1H3,(H2,7,9)/t6-/m0/s1. The van der Waals surface area contributed by atoms with Crippen molar-refractivity contribution in [3.63, 3.8) is 0 Å². The van der Waals surface area contributed by atoms with Gasteiger partial charge in [-0.15, -0.1) is 0 Å². The van der Waals surface area contributed by atoms with Crippen molar-refractivity contribution in [3.8, 4) is 0 Å². The monoisotopic (exact) mass is 143 g/mol. The summed E-state index contributed by atoms with van der Waals surface area (Å²) in [7, 11) is 0. The molecule has 1 saturated heterocycles. The zero-order valence-corrected chi connectivity index (χ0v) is 5.72. The van der Waals surface area contributed by atoms with Gasteiger partial charge in [-0.25, -0.2) is 0 Å². The summed E-state index contributed by atoms with van der Waals surface area (Å²) in [6.45, 7) is 1.54. The summed E-state index contributed by atoms with van der Waals surface area (Å²) in [4.78, 5) is 21.2. The van der Waals surface area contributed by atoms with Crippen LogP contribution in [0, 0.1) is 0 Å². The number of carbonyl (C=O) groups is 2. The molecule has 1 amide bonds. The average Bonchev–Trinajstić information content (AvgIpc) is 2.13. The van der Waals surface area contributed by atoms with Gasteiger partial charge in [0.25, 0.3) is 0 Å². The summed E-state index contributed by atoms with van der Waals surface area (Å²) >= 11 is 0. The van der Waals surface area contributed by atoms with Crippen molar-refractivity contribution in [2.24, 2.45) is 5.73 Å². The van der Waals surface area contributed by atoms with E-state index in [1.54, 1.807) is 0 Å². The van der Waals surface area contributed by atoms with Crippen LogP contribution >= 0.6 is 0 Å². The minimum atomic E-state index is -1.04. The zero-order chi connectivity index (χ0) is 7.78. The number of Topliss-reactive ketones (excluding diaryl/α,β-unsaturated/α-hetero) is 1. The Labute approximate surface area is 58.3 Å². The summed E-state index contributed by atoms with van der Waals surface area (Å²) in [5, 5.41) is 0. The number of hydrogen-bond acceptors (Lipinski definition) is 3. The molecule has 10 heavy (non-hydrogen) atoms. The Balaban J connectivity index is 2.72. The van der Waals surface area contributed by atoms with Crippen molar-refractivity contribution in [3.05, 3.63) is 0 Å². The molecule has 0 radical (unpaired) electrons. The van der Waals surface area contributed by atoms with Gasteiger partial charge in [0.2, 0.25) is 5.91 Å². The second kappa shape index (κ2) is 2.05. The first-order valence-electron chi connectivity index (χ1n) is 3.00. The third-order valence-corrected chi connectivity index (χ3v) is 1.61. The Morgan fingerprint density at radius 3 is 2.60 bits per heavy atom. The van der Waals surface area contributed by atoms with Gasteiger partial charge in [0, 0.05) is 6.42 Å². The largest absolute Gasteiger partial charge is 0.367 e. The Morgan fingerprint density at radius 2 is 2.40 bits per heavy atom. The lowest BCUT2D eigenvalue weighted by Crippen LogP contribution is -2.40. The van der Waals surface area contributed by atoms with Crippen LogP contribution in [-0.4, -0.2) is 23.9 Å². The Bertz CT molecular complexity index is 189. The van der Waals surface area contributed by atoms with Crippen LogP contribution in [0.3, 0.4) is 0 Å². The lowest BCUT2D eigenvalue weighted by Gasteiger charge is -2.16. The molecule has 4 nitrogen and oxygen atoms in total. The van der Waals surface area contributed by atoms with Crippen LogP contribution in [0.5, 0.6) is 0 Å². The van der Waals surface area contributed by atoms with E-state index in [-0.39, 0.29) is 18.8 Å². The van der Waals surface area contributed by atoms with E-state index < -0.39 is 11.5 Å². The molecule has 0 spiro atoms. The van der Waals surface area contributed by atoms with E-state index in [4.69, 9.17) is 10.5 Å². The molecule has 0 aromatic carbocycles. The second-order valence-electron chi connectivity index (χ2n) is 2.60. The van der Waals surface area contributed by atoms with Gasteiger partial charge in [-0.3, -0.25) is 9.59 Å². The Hall–Kier alpha value is -0.900. The summed E-state index contributed by atoms with van der Waals surface area (Å²) in [6, 6.07) is 0. The van der Waals surface area contributed by atoms with Gasteiger partial charge in [0.05, 0.1) is 0 Å². The molecule has 56 valence electrons. The van der Waals surface area contributed by atoms with E-state index in [1.165, 1.54) is 6.92 Å². The average molecular weight is 143 g/mol. The number of ether oxygens (including phenoxy) is 1. The number of nitrogens with two attached hydrogens (primary N) is 1. The number of amides is 1. The van der Waals surface area contributed by atoms with Crippen LogP contribution < -0.4 is 5.73 Å². The van der Waals surface area contributed by atoms with E-state index in [9.17, 15) is 9.59 Å². The van der Waals surface area contributed by atoms with Crippen molar-refractivity contribution in [1.82, 2.24) is 0 Å². The fourth-order valence-corrected chi connectivity index (χ4v) is 0.876. The summed E-state index contributed by atoms with van der Waals surface area (Å²) in [5.74, 6) is -0.639. The number of rotatable bonds is 1. The van der Waals surface area contributed by atoms with E-state index in [0.717, 1.165) is 0 Å². The molecule has 1 fully saturated rings. The van der Waals surface area contributed by atoms with Crippen LogP contribution in [0.1, 0.15) is 13.3 Å². The van der Waals surface area contributed by atoms with Crippen molar-refractivity contribution in [1.29, 1.82) is 0 Å². The van der Waals surface area contributed by atoms with Crippen molar-refractivity contribution < 1.29 is 14.3 Å². The predicted molar refractivity (Wildman–Crippen MR) is 33.2 cm³/mol. The maximum atomic E-state index is 10.6.